The maximum absolute atomic E-state index is 12.5. The number of phenolic OH excluding ortho intramolecular Hbond substituents is 1. The molecule has 0 aliphatic rings. The standard InChI is InChI=1S/C18H14O2/c19-15-10-8-13(9-11-15)12-18(20)17-7-3-5-14-4-1-2-6-16(14)17/h1-11,19H,12H2. The zero-order chi connectivity index (χ0) is 13.9. The van der Waals surface area contributed by atoms with Gasteiger partial charge in [0.1, 0.15) is 5.75 Å². The van der Waals surface area contributed by atoms with Gasteiger partial charge in [0.05, 0.1) is 0 Å². The summed E-state index contributed by atoms with van der Waals surface area (Å²) in [7, 11) is 0. The molecular formula is C18H14O2. The molecule has 1 N–H and O–H groups in total. The fraction of sp³-hybridized carbons (Fsp3) is 0.0556. The molecule has 0 heterocycles. The number of rotatable bonds is 3. The Kier molecular flexibility index (Phi) is 3.21. The van der Waals surface area contributed by atoms with Crippen molar-refractivity contribution in [1.82, 2.24) is 0 Å². The number of aromatic hydroxyl groups is 1. The summed E-state index contributed by atoms with van der Waals surface area (Å²) in [5, 5.41) is 11.3. The molecule has 20 heavy (non-hydrogen) atoms. The molecule has 0 aliphatic carbocycles. The molecule has 0 aliphatic heterocycles. The second-order valence-electron chi connectivity index (χ2n) is 4.79. The number of fused-ring (bicyclic) bond motifs is 1. The molecule has 0 saturated heterocycles. The van der Waals surface area contributed by atoms with Crippen LogP contribution in [-0.2, 0) is 6.42 Å². The molecule has 2 heteroatoms. The van der Waals surface area contributed by atoms with Crippen molar-refractivity contribution in [2.45, 2.75) is 6.42 Å². The molecule has 3 aromatic rings. The SMILES string of the molecule is O=C(Cc1ccc(O)cc1)c1cccc2ccccc12. The quantitative estimate of drug-likeness (QED) is 0.725. The van der Waals surface area contributed by atoms with Gasteiger partial charge in [-0.05, 0) is 28.5 Å². The van der Waals surface area contributed by atoms with E-state index >= 15 is 0 Å². The number of Topliss-reactive ketones (excluding diaryl/α,β-unsaturated/α-hetero) is 1. The highest BCUT2D eigenvalue weighted by molar-refractivity contribution is 6.08. The number of carbonyl (C=O) groups excluding carboxylic acids is 1. The first-order valence-electron chi connectivity index (χ1n) is 6.53. The van der Waals surface area contributed by atoms with E-state index in [0.29, 0.717) is 6.42 Å². The molecule has 0 atom stereocenters. The van der Waals surface area contributed by atoms with E-state index in [1.54, 1.807) is 24.3 Å². The maximum Gasteiger partial charge on any atom is 0.167 e. The van der Waals surface area contributed by atoms with Crippen molar-refractivity contribution >= 4 is 16.6 Å². The summed E-state index contributed by atoms with van der Waals surface area (Å²) in [5.74, 6) is 0.304. The lowest BCUT2D eigenvalue weighted by Crippen LogP contribution is -2.04. The third-order valence-electron chi connectivity index (χ3n) is 3.39. The number of phenols is 1. The van der Waals surface area contributed by atoms with E-state index < -0.39 is 0 Å². The average Bonchev–Trinajstić information content (AvgIpc) is 2.49. The number of benzene rings is 3. The van der Waals surface area contributed by atoms with Crippen molar-refractivity contribution in [1.29, 1.82) is 0 Å². The van der Waals surface area contributed by atoms with E-state index in [1.165, 1.54) is 0 Å². The number of hydrogen-bond donors (Lipinski definition) is 1. The third kappa shape index (κ3) is 2.41. The average molecular weight is 262 g/mol. The Morgan fingerprint density at radius 1 is 0.850 bits per heavy atom. The molecule has 0 radical (unpaired) electrons. The Balaban J connectivity index is 1.94. The van der Waals surface area contributed by atoms with Gasteiger partial charge >= 0.3 is 0 Å². The first kappa shape index (κ1) is 12.4. The number of hydrogen-bond acceptors (Lipinski definition) is 2. The summed E-state index contributed by atoms with van der Waals surface area (Å²) in [5.41, 5.74) is 1.65. The Morgan fingerprint density at radius 3 is 2.35 bits per heavy atom. The van der Waals surface area contributed by atoms with Gasteiger partial charge in [-0.3, -0.25) is 4.79 Å². The van der Waals surface area contributed by atoms with Crippen molar-refractivity contribution in [2.75, 3.05) is 0 Å². The fourth-order valence-corrected chi connectivity index (χ4v) is 2.36. The van der Waals surface area contributed by atoms with Crippen molar-refractivity contribution in [3.8, 4) is 5.75 Å². The fourth-order valence-electron chi connectivity index (χ4n) is 2.36. The Hall–Kier alpha value is -2.61. The highest BCUT2D eigenvalue weighted by Crippen LogP contribution is 2.20. The van der Waals surface area contributed by atoms with Gasteiger partial charge in [0.15, 0.2) is 5.78 Å². The van der Waals surface area contributed by atoms with E-state index in [9.17, 15) is 9.90 Å². The molecule has 0 saturated carbocycles. The highest BCUT2D eigenvalue weighted by Gasteiger charge is 2.10. The summed E-state index contributed by atoms with van der Waals surface area (Å²) in [6.45, 7) is 0. The van der Waals surface area contributed by atoms with E-state index in [0.717, 1.165) is 21.9 Å². The zero-order valence-corrected chi connectivity index (χ0v) is 10.9. The molecule has 0 amide bonds. The second-order valence-corrected chi connectivity index (χ2v) is 4.79. The number of carbonyl (C=O) groups is 1. The Bertz CT molecular complexity index is 752. The van der Waals surface area contributed by atoms with Crippen LogP contribution >= 0.6 is 0 Å². The summed E-state index contributed by atoms with van der Waals surface area (Å²) in [4.78, 5) is 12.5. The summed E-state index contributed by atoms with van der Waals surface area (Å²) < 4.78 is 0. The first-order valence-corrected chi connectivity index (χ1v) is 6.53. The maximum atomic E-state index is 12.5. The molecule has 0 bridgehead atoms. The molecule has 98 valence electrons. The Labute approximate surface area is 117 Å². The summed E-state index contributed by atoms with van der Waals surface area (Å²) in [6, 6.07) is 20.4. The van der Waals surface area contributed by atoms with Crippen molar-refractivity contribution in [3.63, 3.8) is 0 Å². The van der Waals surface area contributed by atoms with E-state index in [1.807, 2.05) is 42.5 Å². The third-order valence-corrected chi connectivity index (χ3v) is 3.39. The van der Waals surface area contributed by atoms with Crippen molar-refractivity contribution in [3.05, 3.63) is 77.9 Å². The minimum Gasteiger partial charge on any atom is -0.508 e. The van der Waals surface area contributed by atoms with Crippen LogP contribution in [0.15, 0.2) is 66.7 Å². The van der Waals surface area contributed by atoms with Crippen LogP contribution in [0.5, 0.6) is 5.75 Å². The van der Waals surface area contributed by atoms with Gasteiger partial charge in [0.25, 0.3) is 0 Å². The molecule has 0 spiro atoms. The van der Waals surface area contributed by atoms with Crippen LogP contribution in [0.4, 0.5) is 0 Å². The van der Waals surface area contributed by atoms with E-state index in [4.69, 9.17) is 0 Å². The first-order chi connectivity index (χ1) is 9.74. The van der Waals surface area contributed by atoms with Gasteiger partial charge in [0.2, 0.25) is 0 Å². The van der Waals surface area contributed by atoms with Gasteiger partial charge in [-0.25, -0.2) is 0 Å². The normalized spacial score (nSPS) is 10.6. The van der Waals surface area contributed by atoms with Gasteiger partial charge in [-0.15, -0.1) is 0 Å². The van der Waals surface area contributed by atoms with Crippen LogP contribution < -0.4 is 0 Å². The lowest BCUT2D eigenvalue weighted by molar-refractivity contribution is 0.0994. The molecule has 2 nitrogen and oxygen atoms in total. The molecule has 0 aromatic heterocycles. The van der Waals surface area contributed by atoms with Crippen LogP contribution in [0, 0.1) is 0 Å². The smallest absolute Gasteiger partial charge is 0.167 e. The van der Waals surface area contributed by atoms with E-state index in [-0.39, 0.29) is 11.5 Å². The molecule has 3 rings (SSSR count). The molecule has 0 fully saturated rings. The lowest BCUT2D eigenvalue weighted by Gasteiger charge is -2.06. The second kappa shape index (κ2) is 5.17. The molecule has 3 aromatic carbocycles. The van der Waals surface area contributed by atoms with Gasteiger partial charge in [-0.2, -0.15) is 0 Å². The highest BCUT2D eigenvalue weighted by atomic mass is 16.3. The van der Waals surface area contributed by atoms with Crippen LogP contribution in [0.3, 0.4) is 0 Å². The predicted molar refractivity (Wildman–Crippen MR) is 80.1 cm³/mol. The number of ketones is 1. The minimum absolute atomic E-state index is 0.0903. The molecule has 0 unspecified atom stereocenters. The largest absolute Gasteiger partial charge is 0.508 e. The zero-order valence-electron chi connectivity index (χ0n) is 10.9. The lowest BCUT2D eigenvalue weighted by atomic mass is 9.97. The van der Waals surface area contributed by atoms with Crippen molar-refractivity contribution in [2.24, 2.45) is 0 Å². The van der Waals surface area contributed by atoms with E-state index in [2.05, 4.69) is 0 Å². The predicted octanol–water partition coefficient (Wildman–Crippen LogP) is 3.97. The Morgan fingerprint density at radius 2 is 1.55 bits per heavy atom. The van der Waals surface area contributed by atoms with Crippen molar-refractivity contribution < 1.29 is 9.90 Å². The van der Waals surface area contributed by atoms with Crippen LogP contribution in [-0.4, -0.2) is 10.9 Å². The van der Waals surface area contributed by atoms with Gasteiger partial charge in [-0.1, -0.05) is 54.6 Å². The minimum atomic E-state index is 0.0903. The van der Waals surface area contributed by atoms with Crippen LogP contribution in [0.2, 0.25) is 0 Å². The topological polar surface area (TPSA) is 37.3 Å². The monoisotopic (exact) mass is 262 g/mol. The van der Waals surface area contributed by atoms with Crippen LogP contribution in [0.25, 0.3) is 10.8 Å². The van der Waals surface area contributed by atoms with Gasteiger partial charge in [0, 0.05) is 12.0 Å². The van der Waals surface area contributed by atoms with Crippen LogP contribution in [0.1, 0.15) is 15.9 Å². The van der Waals surface area contributed by atoms with Gasteiger partial charge < -0.3 is 5.11 Å². The molecular weight excluding hydrogens is 248 g/mol. The summed E-state index contributed by atoms with van der Waals surface area (Å²) >= 11 is 0. The summed E-state index contributed by atoms with van der Waals surface area (Å²) in [6.07, 6.45) is 0.342.